The predicted octanol–water partition coefficient (Wildman–Crippen LogP) is -0.0349. The Morgan fingerprint density at radius 1 is 1.26 bits per heavy atom. The zero-order valence-electron chi connectivity index (χ0n) is 9.91. The van der Waals surface area contributed by atoms with Crippen molar-refractivity contribution < 1.29 is 13.2 Å². The molecular weight excluding hydrogens is 270 g/mol. The van der Waals surface area contributed by atoms with Gasteiger partial charge in [0.1, 0.15) is 6.33 Å². The number of sulfonamides is 1. The third-order valence-electron chi connectivity index (χ3n) is 2.30. The summed E-state index contributed by atoms with van der Waals surface area (Å²) < 4.78 is 26.1. The van der Waals surface area contributed by atoms with Gasteiger partial charge in [0.2, 0.25) is 5.95 Å². The molecule has 9 heteroatoms. The van der Waals surface area contributed by atoms with Crippen LogP contribution in [-0.4, -0.2) is 36.6 Å². The molecule has 2 aromatic rings. The molecule has 0 aliphatic carbocycles. The Kier molecular flexibility index (Phi) is 3.47. The first kappa shape index (κ1) is 13.0. The molecule has 0 radical (unpaired) electrons. The molecule has 1 aromatic carbocycles. The minimum Gasteiger partial charge on any atom is -0.355 e. The first-order valence-corrected chi connectivity index (χ1v) is 6.71. The summed E-state index contributed by atoms with van der Waals surface area (Å²) in [6, 6.07) is 5.52. The highest BCUT2D eigenvalue weighted by Crippen LogP contribution is 2.13. The largest absolute Gasteiger partial charge is 0.355 e. The quantitative estimate of drug-likeness (QED) is 0.727. The molecule has 0 spiro atoms. The normalized spacial score (nSPS) is 11.0. The van der Waals surface area contributed by atoms with E-state index in [1.54, 1.807) is 0 Å². The first-order valence-electron chi connectivity index (χ1n) is 5.23. The van der Waals surface area contributed by atoms with Gasteiger partial charge in [-0.15, -0.1) is 0 Å². The highest BCUT2D eigenvalue weighted by Gasteiger charge is 2.16. The second kappa shape index (κ2) is 5.06. The molecule has 0 atom stereocenters. The number of aromatic nitrogens is 3. The van der Waals surface area contributed by atoms with Gasteiger partial charge in [0.15, 0.2) is 0 Å². The third-order valence-corrected chi connectivity index (χ3v) is 3.65. The Balaban J connectivity index is 2.24. The molecule has 0 unspecified atom stereocenters. The van der Waals surface area contributed by atoms with Crippen molar-refractivity contribution in [3.05, 3.63) is 36.2 Å². The summed E-state index contributed by atoms with van der Waals surface area (Å²) in [5, 5.41) is 8.37. The highest BCUT2D eigenvalue weighted by molar-refractivity contribution is 7.92. The van der Waals surface area contributed by atoms with Crippen LogP contribution >= 0.6 is 0 Å². The predicted molar refractivity (Wildman–Crippen MR) is 67.0 cm³/mol. The van der Waals surface area contributed by atoms with Gasteiger partial charge in [0.25, 0.3) is 15.9 Å². The first-order chi connectivity index (χ1) is 9.03. The number of hydrogen-bond acceptors (Lipinski definition) is 5. The summed E-state index contributed by atoms with van der Waals surface area (Å²) in [6.45, 7) is 0. The Labute approximate surface area is 109 Å². The second-order valence-electron chi connectivity index (χ2n) is 3.54. The Morgan fingerprint density at radius 2 is 1.95 bits per heavy atom. The van der Waals surface area contributed by atoms with Gasteiger partial charge in [0.05, 0.1) is 4.90 Å². The van der Waals surface area contributed by atoms with Crippen LogP contribution in [0.3, 0.4) is 0 Å². The fourth-order valence-electron chi connectivity index (χ4n) is 1.37. The fraction of sp³-hybridized carbons (Fsp3) is 0.100. The van der Waals surface area contributed by atoms with Gasteiger partial charge < -0.3 is 5.32 Å². The van der Waals surface area contributed by atoms with Crippen LogP contribution in [0.1, 0.15) is 10.4 Å². The molecule has 0 fully saturated rings. The molecule has 0 saturated heterocycles. The minimum absolute atomic E-state index is 0.0235. The lowest BCUT2D eigenvalue weighted by Gasteiger charge is -2.05. The van der Waals surface area contributed by atoms with E-state index in [-0.39, 0.29) is 16.8 Å². The smallest absolute Gasteiger partial charge is 0.264 e. The summed E-state index contributed by atoms with van der Waals surface area (Å²) in [5.74, 6) is -0.262. The van der Waals surface area contributed by atoms with Crippen molar-refractivity contribution in [3.8, 4) is 0 Å². The van der Waals surface area contributed by atoms with Crippen LogP contribution in [0.5, 0.6) is 0 Å². The van der Waals surface area contributed by atoms with Crippen molar-refractivity contribution in [3.63, 3.8) is 0 Å². The summed E-state index contributed by atoms with van der Waals surface area (Å²) >= 11 is 0. The fourth-order valence-corrected chi connectivity index (χ4v) is 2.34. The van der Waals surface area contributed by atoms with E-state index in [0.29, 0.717) is 5.56 Å². The molecule has 1 amide bonds. The van der Waals surface area contributed by atoms with Gasteiger partial charge in [-0.25, -0.2) is 18.2 Å². The van der Waals surface area contributed by atoms with Crippen LogP contribution in [0.2, 0.25) is 0 Å². The molecule has 1 heterocycles. The van der Waals surface area contributed by atoms with Gasteiger partial charge in [-0.2, -0.15) is 10.1 Å². The number of benzene rings is 1. The van der Waals surface area contributed by atoms with E-state index in [0.717, 1.165) is 0 Å². The van der Waals surface area contributed by atoms with E-state index >= 15 is 0 Å². The molecule has 100 valence electrons. The lowest BCUT2D eigenvalue weighted by molar-refractivity contribution is 0.0963. The number of carbonyl (C=O) groups is 1. The Bertz CT molecular complexity index is 664. The van der Waals surface area contributed by atoms with Crippen molar-refractivity contribution in [2.45, 2.75) is 4.90 Å². The molecule has 0 aliphatic rings. The Morgan fingerprint density at radius 3 is 2.47 bits per heavy atom. The summed E-state index contributed by atoms with van der Waals surface area (Å²) in [6.07, 6.45) is 1.19. The topological polar surface area (TPSA) is 117 Å². The second-order valence-corrected chi connectivity index (χ2v) is 5.23. The number of hydrogen-bond donors (Lipinski definition) is 3. The van der Waals surface area contributed by atoms with Crippen molar-refractivity contribution in [1.29, 1.82) is 0 Å². The van der Waals surface area contributed by atoms with Crippen molar-refractivity contribution in [2.24, 2.45) is 0 Å². The SMILES string of the molecule is CNC(=O)c1ccc(S(=O)(=O)Nc2ncn[nH]2)cc1. The van der Waals surface area contributed by atoms with Crippen LogP contribution in [0.4, 0.5) is 5.95 Å². The third kappa shape index (κ3) is 2.88. The molecule has 0 bridgehead atoms. The van der Waals surface area contributed by atoms with E-state index < -0.39 is 10.0 Å². The van der Waals surface area contributed by atoms with Crippen LogP contribution in [0.15, 0.2) is 35.5 Å². The molecule has 2 rings (SSSR count). The maximum absolute atomic E-state index is 12.0. The van der Waals surface area contributed by atoms with Crippen LogP contribution in [-0.2, 0) is 10.0 Å². The zero-order valence-corrected chi connectivity index (χ0v) is 10.7. The molecular formula is C10H11N5O3S. The average Bonchev–Trinajstić information content (AvgIpc) is 2.90. The van der Waals surface area contributed by atoms with Gasteiger partial charge in [0, 0.05) is 12.6 Å². The van der Waals surface area contributed by atoms with Crippen molar-refractivity contribution in [1.82, 2.24) is 20.5 Å². The van der Waals surface area contributed by atoms with Gasteiger partial charge in [-0.3, -0.25) is 4.79 Å². The van der Waals surface area contributed by atoms with E-state index in [9.17, 15) is 13.2 Å². The monoisotopic (exact) mass is 281 g/mol. The number of nitrogens with zero attached hydrogens (tertiary/aromatic N) is 2. The van der Waals surface area contributed by atoms with Gasteiger partial charge in [-0.05, 0) is 24.3 Å². The Hall–Kier alpha value is -2.42. The molecule has 1 aromatic heterocycles. The molecule has 0 aliphatic heterocycles. The van der Waals surface area contributed by atoms with Gasteiger partial charge in [-0.1, -0.05) is 0 Å². The van der Waals surface area contributed by atoms with Crippen LogP contribution in [0.25, 0.3) is 0 Å². The zero-order chi connectivity index (χ0) is 13.9. The van der Waals surface area contributed by atoms with Crippen LogP contribution < -0.4 is 10.0 Å². The lowest BCUT2D eigenvalue weighted by atomic mass is 10.2. The number of amides is 1. The number of aromatic amines is 1. The number of carbonyl (C=O) groups excluding carboxylic acids is 1. The molecule has 8 nitrogen and oxygen atoms in total. The van der Waals surface area contributed by atoms with Gasteiger partial charge >= 0.3 is 0 Å². The summed E-state index contributed by atoms with van der Waals surface area (Å²) in [7, 11) is -2.25. The van der Waals surface area contributed by atoms with E-state index in [1.807, 2.05) is 0 Å². The molecule has 0 saturated carbocycles. The van der Waals surface area contributed by atoms with E-state index in [1.165, 1.54) is 37.6 Å². The van der Waals surface area contributed by atoms with Crippen molar-refractivity contribution in [2.75, 3.05) is 11.8 Å². The standard InChI is InChI=1S/C10H11N5O3S/c1-11-9(16)7-2-4-8(5-3-7)19(17,18)15-10-12-6-13-14-10/h2-6H,1H3,(H,11,16)(H2,12,13,14,15). The maximum Gasteiger partial charge on any atom is 0.264 e. The average molecular weight is 281 g/mol. The maximum atomic E-state index is 12.0. The lowest BCUT2D eigenvalue weighted by Crippen LogP contribution is -2.18. The van der Waals surface area contributed by atoms with Crippen LogP contribution in [0, 0.1) is 0 Å². The minimum atomic E-state index is -3.75. The summed E-state index contributed by atoms with van der Waals surface area (Å²) in [5.41, 5.74) is 0.376. The summed E-state index contributed by atoms with van der Waals surface area (Å²) in [4.78, 5) is 15.0. The number of rotatable bonds is 4. The van der Waals surface area contributed by atoms with E-state index in [2.05, 4.69) is 25.2 Å². The molecule has 19 heavy (non-hydrogen) atoms. The molecule has 3 N–H and O–H groups in total. The highest BCUT2D eigenvalue weighted by atomic mass is 32.2. The van der Waals surface area contributed by atoms with Crippen molar-refractivity contribution >= 4 is 21.9 Å². The number of nitrogens with one attached hydrogen (secondary N) is 3. The number of H-pyrrole nitrogens is 1. The number of anilines is 1. The van der Waals surface area contributed by atoms with E-state index in [4.69, 9.17) is 0 Å².